The minimum Gasteiger partial charge on any atom is -0.0923 e. The third kappa shape index (κ3) is 8.00. The van der Waals surface area contributed by atoms with Crippen LogP contribution in [0, 0.1) is 5.92 Å². The number of hydrogen-bond donors (Lipinski definition) is 0. The molecule has 1 nitrogen and oxygen atoms in total. The van der Waals surface area contributed by atoms with E-state index in [9.17, 15) is 4.57 Å². The standard InChI is InChI=1S/C21H35OP2.C5H10.Fe/c1-16(24(20(2,3)4)21(5,6)7)18-14-11-15-19(18)23(22)17-12-9-8-10-13-17;1-2-4-5-3-1;/h8-10,12-13,16,18-19H,11,14-15H2,1-7H3;1-5H2;/q+1;;/t16-,18?,19?;;/m1../s1. The van der Waals surface area contributed by atoms with Crippen LogP contribution in [-0.4, -0.2) is 21.6 Å². The van der Waals surface area contributed by atoms with E-state index in [4.69, 9.17) is 0 Å². The summed E-state index contributed by atoms with van der Waals surface area (Å²) < 4.78 is 13.2. The van der Waals surface area contributed by atoms with Gasteiger partial charge in [-0.2, -0.15) is 0 Å². The molecule has 4 atom stereocenters. The predicted octanol–water partition coefficient (Wildman–Crippen LogP) is 8.72. The summed E-state index contributed by atoms with van der Waals surface area (Å²) in [5.41, 5.74) is 1.03. The van der Waals surface area contributed by atoms with Crippen LogP contribution in [0.5, 0.6) is 0 Å². The molecule has 4 heteroatoms. The topological polar surface area (TPSA) is 17.1 Å². The summed E-state index contributed by atoms with van der Waals surface area (Å²) in [5.74, 6) is 0.610. The Morgan fingerprint density at radius 3 is 1.73 bits per heavy atom. The molecule has 1 aromatic carbocycles. The van der Waals surface area contributed by atoms with Crippen molar-refractivity contribution in [3.63, 3.8) is 0 Å². The molecule has 1 aromatic rings. The molecule has 2 aliphatic rings. The fourth-order valence-corrected chi connectivity index (χ4v) is 13.2. The Labute approximate surface area is 200 Å². The summed E-state index contributed by atoms with van der Waals surface area (Å²) in [4.78, 5) is 0. The molecule has 0 aliphatic heterocycles. The normalized spacial score (nSPS) is 23.4. The van der Waals surface area contributed by atoms with Gasteiger partial charge < -0.3 is 0 Å². The van der Waals surface area contributed by atoms with Crippen molar-refractivity contribution in [3.8, 4) is 0 Å². The van der Waals surface area contributed by atoms with Crippen LogP contribution >= 0.6 is 15.7 Å². The van der Waals surface area contributed by atoms with Crippen LogP contribution in [0.25, 0.3) is 0 Å². The quantitative estimate of drug-likeness (QED) is 0.304. The van der Waals surface area contributed by atoms with Gasteiger partial charge in [0, 0.05) is 23.0 Å². The van der Waals surface area contributed by atoms with Crippen LogP contribution < -0.4 is 5.30 Å². The summed E-state index contributed by atoms with van der Waals surface area (Å²) in [5, 5.41) is 1.71. The molecule has 0 bridgehead atoms. The molecule has 0 saturated heterocycles. The SMILES string of the molecule is C1CCCC1.C[C@H](C1CCCC1[P+](=O)c1ccccc1)P(C(C)(C)C)C(C)(C)C.[Fe]. The van der Waals surface area contributed by atoms with E-state index in [1.54, 1.807) is 0 Å². The van der Waals surface area contributed by atoms with Crippen LogP contribution in [0.3, 0.4) is 0 Å². The summed E-state index contributed by atoms with van der Waals surface area (Å²) in [7, 11) is -1.45. The van der Waals surface area contributed by atoms with E-state index in [0.29, 0.717) is 27.5 Å². The number of hydrogen-bond acceptors (Lipinski definition) is 1. The molecule has 0 radical (unpaired) electrons. The van der Waals surface area contributed by atoms with Gasteiger partial charge in [0.05, 0.1) is 0 Å². The molecule has 0 aromatic heterocycles. The molecular weight excluding hydrogens is 446 g/mol. The molecule has 0 N–H and O–H groups in total. The van der Waals surface area contributed by atoms with E-state index in [0.717, 1.165) is 11.7 Å². The molecule has 3 rings (SSSR count). The van der Waals surface area contributed by atoms with Crippen molar-refractivity contribution in [1.82, 2.24) is 0 Å². The minimum absolute atomic E-state index is 0. The van der Waals surface area contributed by atoms with E-state index < -0.39 is 7.80 Å². The number of benzene rings is 1. The van der Waals surface area contributed by atoms with Crippen molar-refractivity contribution in [1.29, 1.82) is 0 Å². The van der Waals surface area contributed by atoms with Gasteiger partial charge in [-0.25, -0.2) is 0 Å². The largest absolute Gasteiger partial charge is 0.380 e. The Morgan fingerprint density at radius 1 is 0.833 bits per heavy atom. The van der Waals surface area contributed by atoms with Crippen LogP contribution in [0.2, 0.25) is 0 Å². The first-order valence-electron chi connectivity index (χ1n) is 11.8. The van der Waals surface area contributed by atoms with Gasteiger partial charge in [0.15, 0.2) is 11.0 Å². The zero-order valence-electron chi connectivity index (χ0n) is 20.4. The molecule has 172 valence electrons. The minimum atomic E-state index is -1.28. The molecule has 3 unspecified atom stereocenters. The molecule has 0 amide bonds. The second-order valence-corrected chi connectivity index (χ2v) is 17.1. The fourth-order valence-electron chi connectivity index (χ4n) is 5.89. The first-order valence-corrected chi connectivity index (χ1v) is 14.6. The van der Waals surface area contributed by atoms with Gasteiger partial charge in [-0.1, -0.05) is 111 Å². The van der Waals surface area contributed by atoms with Gasteiger partial charge in [-0.3, -0.25) is 0 Å². The summed E-state index contributed by atoms with van der Waals surface area (Å²) >= 11 is 0. The van der Waals surface area contributed by atoms with Crippen molar-refractivity contribution < 1.29 is 21.6 Å². The van der Waals surface area contributed by atoms with Gasteiger partial charge in [0.25, 0.3) is 0 Å². The summed E-state index contributed by atoms with van der Waals surface area (Å²) in [6, 6.07) is 10.2. The van der Waals surface area contributed by atoms with Gasteiger partial charge in [-0.15, -0.1) is 0 Å². The smallest absolute Gasteiger partial charge is 0.0923 e. The zero-order chi connectivity index (χ0) is 21.7. The zero-order valence-corrected chi connectivity index (χ0v) is 23.3. The van der Waals surface area contributed by atoms with E-state index in [-0.39, 0.29) is 25.0 Å². The Bertz CT molecular complexity index is 607. The Balaban J connectivity index is 0.000000655. The Morgan fingerprint density at radius 2 is 1.30 bits per heavy atom. The summed E-state index contributed by atoms with van der Waals surface area (Å²) in [6.07, 6.45) is 11.1. The van der Waals surface area contributed by atoms with Crippen molar-refractivity contribution in [2.24, 2.45) is 5.92 Å². The molecular formula is C26H45FeOP2+. The van der Waals surface area contributed by atoms with Crippen molar-refractivity contribution in [2.75, 3.05) is 0 Å². The maximum atomic E-state index is 13.2. The molecule has 0 heterocycles. The maximum Gasteiger partial charge on any atom is 0.380 e. The van der Waals surface area contributed by atoms with E-state index >= 15 is 0 Å². The second-order valence-electron chi connectivity index (χ2n) is 11.0. The second kappa shape index (κ2) is 12.5. The fraction of sp³-hybridized carbons (Fsp3) is 0.769. The monoisotopic (exact) mass is 491 g/mol. The van der Waals surface area contributed by atoms with Crippen molar-refractivity contribution in [2.45, 2.75) is 121 Å². The van der Waals surface area contributed by atoms with Crippen LogP contribution in [0.15, 0.2) is 30.3 Å². The van der Waals surface area contributed by atoms with Gasteiger partial charge in [0.1, 0.15) is 0 Å². The van der Waals surface area contributed by atoms with Crippen molar-refractivity contribution in [3.05, 3.63) is 30.3 Å². The average molecular weight is 491 g/mol. The van der Waals surface area contributed by atoms with Crippen LogP contribution in [-0.2, 0) is 21.6 Å². The Hall–Kier alpha value is 0.269. The van der Waals surface area contributed by atoms with Crippen molar-refractivity contribution >= 4 is 21.0 Å². The van der Waals surface area contributed by atoms with Crippen LogP contribution in [0.1, 0.15) is 99.8 Å². The third-order valence-electron chi connectivity index (χ3n) is 6.57. The van der Waals surface area contributed by atoms with Gasteiger partial charge in [0.2, 0.25) is 0 Å². The van der Waals surface area contributed by atoms with E-state index in [1.165, 1.54) is 44.9 Å². The Kier molecular flexibility index (Phi) is 11.8. The first-order chi connectivity index (χ1) is 13.5. The molecule has 2 aliphatic carbocycles. The molecule has 2 fully saturated rings. The molecule has 30 heavy (non-hydrogen) atoms. The number of rotatable bonds is 4. The molecule has 2 saturated carbocycles. The van der Waals surface area contributed by atoms with E-state index in [2.05, 4.69) is 60.6 Å². The predicted molar refractivity (Wildman–Crippen MR) is 134 cm³/mol. The average Bonchev–Trinajstić information content (AvgIpc) is 3.33. The van der Waals surface area contributed by atoms with Gasteiger partial charge in [-0.05, 0) is 47.4 Å². The molecule has 0 spiro atoms. The van der Waals surface area contributed by atoms with Gasteiger partial charge >= 0.3 is 7.80 Å². The maximum absolute atomic E-state index is 13.2. The van der Waals surface area contributed by atoms with E-state index in [1.807, 2.05) is 18.2 Å². The van der Waals surface area contributed by atoms with Crippen LogP contribution in [0.4, 0.5) is 0 Å². The first kappa shape index (κ1) is 28.3. The third-order valence-corrected chi connectivity index (χ3v) is 12.7. The summed E-state index contributed by atoms with van der Waals surface area (Å²) in [6.45, 7) is 16.9.